The van der Waals surface area contributed by atoms with Gasteiger partial charge < -0.3 is 25.1 Å². The van der Waals surface area contributed by atoms with Crippen LogP contribution in [-0.2, 0) is 30.3 Å². The first-order valence-corrected chi connectivity index (χ1v) is 12.7. The third kappa shape index (κ3) is 16.6. The second-order valence-corrected chi connectivity index (χ2v) is 8.22. The van der Waals surface area contributed by atoms with E-state index in [0.29, 0.717) is 31.1 Å². The third-order valence-corrected chi connectivity index (χ3v) is 5.20. The fourth-order valence-corrected chi connectivity index (χ4v) is 3.08. The number of unbranched alkanes of at least 4 members (excludes halogenated alkanes) is 2. The Bertz CT molecular complexity index is 1170. The number of carbonyl (C=O) groups is 4. The fraction of sp³-hybridized carbons (Fsp3) is 0.414. The summed E-state index contributed by atoms with van der Waals surface area (Å²) >= 11 is 0. The van der Waals surface area contributed by atoms with Crippen molar-refractivity contribution in [3.05, 3.63) is 60.0 Å². The number of rotatable bonds is 11. The summed E-state index contributed by atoms with van der Waals surface area (Å²) in [5.74, 6) is 0.110. The molecule has 0 bridgehead atoms. The molecule has 218 valence electrons. The predicted octanol–water partition coefficient (Wildman–Crippen LogP) is 3.91. The van der Waals surface area contributed by atoms with E-state index in [1.165, 1.54) is 14.2 Å². The van der Waals surface area contributed by atoms with Crippen molar-refractivity contribution in [1.82, 2.24) is 15.0 Å². The van der Waals surface area contributed by atoms with E-state index in [1.807, 2.05) is 24.3 Å². The van der Waals surface area contributed by atoms with E-state index in [1.54, 1.807) is 31.5 Å². The second kappa shape index (κ2) is 22.7. The molecule has 0 aliphatic carbocycles. The van der Waals surface area contributed by atoms with Crippen molar-refractivity contribution in [2.45, 2.75) is 58.3 Å². The maximum absolute atomic E-state index is 11.0. The van der Waals surface area contributed by atoms with Gasteiger partial charge in [-0.15, -0.1) is 0 Å². The Morgan fingerprint density at radius 2 is 1.43 bits per heavy atom. The van der Waals surface area contributed by atoms with Crippen LogP contribution in [0.2, 0.25) is 0 Å². The fourth-order valence-electron chi connectivity index (χ4n) is 3.08. The van der Waals surface area contributed by atoms with Crippen molar-refractivity contribution >= 4 is 40.9 Å². The van der Waals surface area contributed by atoms with Gasteiger partial charge >= 0.3 is 11.9 Å². The molecule has 0 aliphatic rings. The zero-order chi connectivity index (χ0) is 30.2. The summed E-state index contributed by atoms with van der Waals surface area (Å²) < 4.78 is 9.03. The third-order valence-electron chi connectivity index (χ3n) is 5.20. The van der Waals surface area contributed by atoms with Crippen LogP contribution >= 0.6 is 0 Å². The standard InChI is InChI=1S/C14H16N2O2.C8H14O3.C6H6N2O.CH4O/c1-18-13(17)7-3-2-6-12-9-8-11-5-4-10-15-14(11)16-12;1-7(9)5-3-4-6-8(10)11-2;7-6-5(4-9)2-1-3-8-6;1-2/h4-5,8-10H,2-3,6-7H2,1H3;3-6H2,1-2H3;1-4H,(H2,7,8);2H,1H3. The van der Waals surface area contributed by atoms with Crippen molar-refractivity contribution in [2.75, 3.05) is 27.1 Å². The summed E-state index contributed by atoms with van der Waals surface area (Å²) in [6.45, 7) is 1.55. The number of nitrogens with zero attached hydrogens (tertiary/aromatic N) is 3. The SMILES string of the molecule is CO.COC(=O)CCCCC(C)=O.COC(=O)CCCCc1ccc2cccnc2n1.Nc1ncccc1C=O. The number of carbonyl (C=O) groups excluding carboxylic acids is 4. The highest BCUT2D eigenvalue weighted by Gasteiger charge is 2.02. The number of aliphatic hydroxyl groups excluding tert-OH is 1. The van der Waals surface area contributed by atoms with E-state index in [4.69, 9.17) is 10.8 Å². The number of aldehydes is 1. The minimum atomic E-state index is -0.200. The van der Waals surface area contributed by atoms with Gasteiger partial charge in [-0.05, 0) is 75.4 Å². The average Bonchev–Trinajstić information content (AvgIpc) is 2.99. The van der Waals surface area contributed by atoms with E-state index in [9.17, 15) is 19.2 Å². The Kier molecular flexibility index (Phi) is 20.3. The molecule has 3 aromatic heterocycles. The van der Waals surface area contributed by atoms with Crippen LogP contribution < -0.4 is 5.73 Å². The van der Waals surface area contributed by atoms with Crippen LogP contribution in [0.5, 0.6) is 0 Å². The van der Waals surface area contributed by atoms with E-state index >= 15 is 0 Å². The molecule has 11 nitrogen and oxygen atoms in total. The largest absolute Gasteiger partial charge is 0.469 e. The number of aromatic nitrogens is 3. The molecular formula is C29H40N4O7. The lowest BCUT2D eigenvalue weighted by molar-refractivity contribution is -0.141. The van der Waals surface area contributed by atoms with Gasteiger partial charge in [0.25, 0.3) is 0 Å². The maximum atomic E-state index is 11.0. The van der Waals surface area contributed by atoms with E-state index in [2.05, 4.69) is 24.4 Å². The highest BCUT2D eigenvalue weighted by Crippen LogP contribution is 2.11. The topological polar surface area (TPSA) is 172 Å². The van der Waals surface area contributed by atoms with Gasteiger partial charge in [0.1, 0.15) is 11.6 Å². The molecule has 0 aliphatic heterocycles. The van der Waals surface area contributed by atoms with Crippen LogP contribution in [0.3, 0.4) is 0 Å². The highest BCUT2D eigenvalue weighted by atomic mass is 16.5. The first-order chi connectivity index (χ1) is 19.3. The number of nitrogens with two attached hydrogens (primary N) is 1. The summed E-state index contributed by atoms with van der Waals surface area (Å²) in [6, 6.07) is 11.2. The van der Waals surface area contributed by atoms with E-state index in [0.717, 1.165) is 55.9 Å². The summed E-state index contributed by atoms with van der Waals surface area (Å²) in [4.78, 5) is 54.5. The normalized spacial score (nSPS) is 9.43. The summed E-state index contributed by atoms with van der Waals surface area (Å²) in [6.07, 6.45) is 9.58. The Morgan fingerprint density at radius 1 is 0.850 bits per heavy atom. The van der Waals surface area contributed by atoms with Crippen LogP contribution in [0.25, 0.3) is 11.0 Å². The molecule has 3 heterocycles. The van der Waals surface area contributed by atoms with Crippen molar-refractivity contribution in [3.8, 4) is 0 Å². The molecule has 3 rings (SSSR count). The van der Waals surface area contributed by atoms with Crippen molar-refractivity contribution in [2.24, 2.45) is 0 Å². The van der Waals surface area contributed by atoms with Crippen LogP contribution in [-0.4, -0.2) is 65.4 Å². The minimum absolute atomic E-state index is 0.150. The molecule has 0 unspecified atom stereocenters. The molecule has 0 amide bonds. The zero-order valence-electron chi connectivity index (χ0n) is 23.7. The zero-order valence-corrected chi connectivity index (χ0v) is 23.7. The number of anilines is 1. The number of pyridine rings is 3. The van der Waals surface area contributed by atoms with Crippen molar-refractivity contribution in [1.29, 1.82) is 0 Å². The molecule has 0 aromatic carbocycles. The number of aryl methyl sites for hydroxylation is 1. The molecule has 0 atom stereocenters. The molecule has 0 saturated heterocycles. The summed E-state index contributed by atoms with van der Waals surface area (Å²) in [5.41, 5.74) is 7.53. The number of methoxy groups -OCH3 is 2. The molecule has 3 N–H and O–H groups in total. The number of ether oxygens (including phenoxy) is 2. The van der Waals surface area contributed by atoms with Crippen LogP contribution in [0.1, 0.15) is 67.9 Å². The molecular weight excluding hydrogens is 516 g/mol. The lowest BCUT2D eigenvalue weighted by atomic mass is 10.1. The average molecular weight is 557 g/mol. The molecule has 0 fully saturated rings. The number of esters is 2. The van der Waals surface area contributed by atoms with Gasteiger partial charge in [0.2, 0.25) is 0 Å². The number of fused-ring (bicyclic) bond motifs is 1. The number of nitrogen functional groups attached to an aromatic ring is 1. The smallest absolute Gasteiger partial charge is 0.305 e. The molecule has 11 heteroatoms. The molecule has 0 spiro atoms. The van der Waals surface area contributed by atoms with Gasteiger partial charge in [0.15, 0.2) is 11.9 Å². The monoisotopic (exact) mass is 556 g/mol. The number of Topliss-reactive ketones (excluding diaryl/α,β-unsaturated/α-hetero) is 1. The van der Waals surface area contributed by atoms with E-state index < -0.39 is 0 Å². The Labute approximate surface area is 235 Å². The Morgan fingerprint density at radius 3 is 1.98 bits per heavy atom. The lowest BCUT2D eigenvalue weighted by Crippen LogP contribution is -2.00. The number of hydrogen-bond acceptors (Lipinski definition) is 11. The summed E-state index contributed by atoms with van der Waals surface area (Å²) in [7, 11) is 3.78. The molecule has 3 aromatic rings. The first kappa shape index (κ1) is 35.8. The quantitative estimate of drug-likeness (QED) is 0.199. The molecule has 0 saturated carbocycles. The number of ketones is 1. The minimum Gasteiger partial charge on any atom is -0.469 e. The molecule has 40 heavy (non-hydrogen) atoms. The van der Waals surface area contributed by atoms with Crippen molar-refractivity contribution in [3.63, 3.8) is 0 Å². The lowest BCUT2D eigenvalue weighted by Gasteiger charge is -2.02. The number of aliphatic hydroxyl groups is 1. The Balaban J connectivity index is 0.000000595. The van der Waals surface area contributed by atoms with Crippen LogP contribution in [0, 0.1) is 0 Å². The first-order valence-electron chi connectivity index (χ1n) is 12.7. The van der Waals surface area contributed by atoms with Gasteiger partial charge in [-0.25, -0.2) is 15.0 Å². The molecule has 0 radical (unpaired) electrons. The predicted molar refractivity (Wildman–Crippen MR) is 152 cm³/mol. The van der Waals surface area contributed by atoms with Crippen LogP contribution in [0.4, 0.5) is 5.82 Å². The summed E-state index contributed by atoms with van der Waals surface area (Å²) in [5, 5.41) is 8.05. The van der Waals surface area contributed by atoms with Gasteiger partial charge in [0.05, 0.1) is 19.8 Å². The second-order valence-electron chi connectivity index (χ2n) is 8.22. The van der Waals surface area contributed by atoms with Gasteiger partial charge in [0, 0.05) is 49.8 Å². The maximum Gasteiger partial charge on any atom is 0.305 e. The van der Waals surface area contributed by atoms with Gasteiger partial charge in [-0.2, -0.15) is 0 Å². The van der Waals surface area contributed by atoms with Crippen molar-refractivity contribution < 1.29 is 33.8 Å². The van der Waals surface area contributed by atoms with E-state index in [-0.39, 0.29) is 23.5 Å². The van der Waals surface area contributed by atoms with Gasteiger partial charge in [-0.3, -0.25) is 14.4 Å². The number of hydrogen-bond donors (Lipinski definition) is 2. The Hall–Kier alpha value is -4.25. The van der Waals surface area contributed by atoms with Crippen LogP contribution in [0.15, 0.2) is 48.8 Å². The van der Waals surface area contributed by atoms with Gasteiger partial charge in [-0.1, -0.05) is 0 Å². The highest BCUT2D eigenvalue weighted by molar-refractivity contribution is 5.81.